The van der Waals surface area contributed by atoms with E-state index in [2.05, 4.69) is 0 Å². The monoisotopic (exact) mass is 382 g/mol. The first-order valence-corrected chi connectivity index (χ1v) is 9.03. The SMILES string of the molecule is O=C(Oc1c(-c2ccccc2)c(=O)oc2ccccc12)c1cc2ccccc2o1. The predicted octanol–water partition coefficient (Wildman–Crippen LogP) is 5.43. The van der Waals surface area contributed by atoms with Crippen LogP contribution < -0.4 is 10.4 Å². The third-order valence-electron chi connectivity index (χ3n) is 4.65. The molecule has 0 aliphatic rings. The Balaban J connectivity index is 1.68. The number of benzene rings is 3. The maximum absolute atomic E-state index is 12.9. The molecule has 0 atom stereocenters. The van der Waals surface area contributed by atoms with Gasteiger partial charge in [-0.1, -0.05) is 60.7 Å². The van der Waals surface area contributed by atoms with Crippen molar-refractivity contribution in [2.24, 2.45) is 0 Å². The van der Waals surface area contributed by atoms with Crippen LogP contribution in [-0.4, -0.2) is 5.97 Å². The summed E-state index contributed by atoms with van der Waals surface area (Å²) in [6.07, 6.45) is 0. The van der Waals surface area contributed by atoms with Gasteiger partial charge in [-0.2, -0.15) is 0 Å². The van der Waals surface area contributed by atoms with E-state index in [-0.39, 0.29) is 17.1 Å². The molecule has 0 saturated heterocycles. The number of rotatable bonds is 3. The van der Waals surface area contributed by atoms with Gasteiger partial charge in [0.05, 0.1) is 5.39 Å². The van der Waals surface area contributed by atoms with Crippen molar-refractivity contribution in [3.63, 3.8) is 0 Å². The zero-order chi connectivity index (χ0) is 19.8. The molecule has 29 heavy (non-hydrogen) atoms. The van der Waals surface area contributed by atoms with Gasteiger partial charge in [-0.25, -0.2) is 9.59 Å². The molecule has 0 bridgehead atoms. The second-order valence-corrected chi connectivity index (χ2v) is 6.49. The molecule has 5 heteroatoms. The first kappa shape index (κ1) is 17.0. The zero-order valence-electron chi connectivity index (χ0n) is 15.1. The number of ether oxygens (including phenoxy) is 1. The molecule has 5 nitrogen and oxygen atoms in total. The molecule has 2 heterocycles. The summed E-state index contributed by atoms with van der Waals surface area (Å²) in [5, 5.41) is 1.32. The van der Waals surface area contributed by atoms with Crippen molar-refractivity contribution < 1.29 is 18.4 Å². The highest BCUT2D eigenvalue weighted by Gasteiger charge is 2.22. The molecule has 0 amide bonds. The molecule has 5 rings (SSSR count). The van der Waals surface area contributed by atoms with E-state index < -0.39 is 11.6 Å². The highest BCUT2D eigenvalue weighted by molar-refractivity contribution is 5.98. The lowest BCUT2D eigenvalue weighted by molar-refractivity contribution is 0.0706. The van der Waals surface area contributed by atoms with Gasteiger partial charge >= 0.3 is 11.6 Å². The molecule has 3 aromatic carbocycles. The fraction of sp³-hybridized carbons (Fsp3) is 0. The van der Waals surface area contributed by atoms with Crippen molar-refractivity contribution in [2.45, 2.75) is 0 Å². The maximum atomic E-state index is 12.9. The second kappa shape index (κ2) is 6.80. The number of para-hydroxylation sites is 2. The van der Waals surface area contributed by atoms with Crippen LogP contribution >= 0.6 is 0 Å². The summed E-state index contributed by atoms with van der Waals surface area (Å²) in [5.41, 5.74) is 1.13. The number of hydrogen-bond acceptors (Lipinski definition) is 5. The summed E-state index contributed by atoms with van der Waals surface area (Å²) < 4.78 is 16.8. The summed E-state index contributed by atoms with van der Waals surface area (Å²) in [5.74, 6) is -0.481. The Hall–Kier alpha value is -4.12. The highest BCUT2D eigenvalue weighted by atomic mass is 16.5. The molecule has 5 aromatic rings. The van der Waals surface area contributed by atoms with E-state index in [4.69, 9.17) is 13.6 Å². The summed E-state index contributed by atoms with van der Waals surface area (Å²) in [7, 11) is 0. The Morgan fingerprint density at radius 1 is 0.759 bits per heavy atom. The van der Waals surface area contributed by atoms with Gasteiger partial charge in [0.2, 0.25) is 5.76 Å². The second-order valence-electron chi connectivity index (χ2n) is 6.49. The first-order chi connectivity index (χ1) is 14.2. The molecule has 2 aromatic heterocycles. The van der Waals surface area contributed by atoms with E-state index in [1.54, 1.807) is 60.7 Å². The largest absolute Gasteiger partial charge is 0.449 e. The Kier molecular flexibility index (Phi) is 3.99. The first-order valence-electron chi connectivity index (χ1n) is 9.03. The molecule has 0 unspecified atom stereocenters. The minimum atomic E-state index is -0.686. The van der Waals surface area contributed by atoms with Crippen molar-refractivity contribution in [3.8, 4) is 16.9 Å². The van der Waals surface area contributed by atoms with Crippen molar-refractivity contribution in [3.05, 3.63) is 101 Å². The van der Waals surface area contributed by atoms with Crippen molar-refractivity contribution >= 4 is 27.9 Å². The fourth-order valence-electron chi connectivity index (χ4n) is 3.31. The van der Waals surface area contributed by atoms with Gasteiger partial charge in [0.1, 0.15) is 16.7 Å². The molecular weight excluding hydrogens is 368 g/mol. The van der Waals surface area contributed by atoms with E-state index in [9.17, 15) is 9.59 Å². The van der Waals surface area contributed by atoms with Crippen LogP contribution in [0.3, 0.4) is 0 Å². The topological polar surface area (TPSA) is 69.7 Å². The molecule has 0 N–H and O–H groups in total. The van der Waals surface area contributed by atoms with Crippen molar-refractivity contribution in [1.82, 2.24) is 0 Å². The van der Waals surface area contributed by atoms with Gasteiger partial charge in [0, 0.05) is 5.39 Å². The zero-order valence-corrected chi connectivity index (χ0v) is 15.1. The van der Waals surface area contributed by atoms with Crippen LogP contribution in [-0.2, 0) is 0 Å². The third-order valence-corrected chi connectivity index (χ3v) is 4.65. The highest BCUT2D eigenvalue weighted by Crippen LogP contribution is 2.35. The number of esters is 1. The molecule has 0 fully saturated rings. The van der Waals surface area contributed by atoms with Crippen LogP contribution in [0.2, 0.25) is 0 Å². The van der Waals surface area contributed by atoms with E-state index in [1.807, 2.05) is 24.3 Å². The summed E-state index contributed by atoms with van der Waals surface area (Å²) in [6, 6.07) is 24.8. The normalized spacial score (nSPS) is 11.0. The molecule has 0 aliphatic heterocycles. The van der Waals surface area contributed by atoms with Crippen molar-refractivity contribution in [1.29, 1.82) is 0 Å². The van der Waals surface area contributed by atoms with Crippen LogP contribution in [0, 0.1) is 0 Å². The molecular formula is C24H14O5. The smallest absolute Gasteiger partial charge is 0.379 e. The van der Waals surface area contributed by atoms with Crippen LogP contribution in [0.25, 0.3) is 33.1 Å². The van der Waals surface area contributed by atoms with Gasteiger partial charge in [-0.15, -0.1) is 0 Å². The predicted molar refractivity (Wildman–Crippen MR) is 109 cm³/mol. The summed E-state index contributed by atoms with van der Waals surface area (Å²) >= 11 is 0. The van der Waals surface area contributed by atoms with Crippen LogP contribution in [0.4, 0.5) is 0 Å². The minimum absolute atomic E-state index is 0.0579. The van der Waals surface area contributed by atoms with Gasteiger partial charge in [0.25, 0.3) is 0 Å². The lowest BCUT2D eigenvalue weighted by Gasteiger charge is -2.11. The minimum Gasteiger partial charge on any atom is -0.449 e. The Morgan fingerprint density at radius 3 is 2.24 bits per heavy atom. The van der Waals surface area contributed by atoms with E-state index in [0.29, 0.717) is 22.1 Å². The van der Waals surface area contributed by atoms with Crippen LogP contribution in [0.5, 0.6) is 5.75 Å². The Labute approximate surface area is 164 Å². The van der Waals surface area contributed by atoms with Gasteiger partial charge in [0.15, 0.2) is 5.75 Å². The number of fused-ring (bicyclic) bond motifs is 2. The lowest BCUT2D eigenvalue weighted by Crippen LogP contribution is -2.13. The van der Waals surface area contributed by atoms with Gasteiger partial charge in [-0.05, 0) is 29.8 Å². The molecule has 140 valence electrons. The van der Waals surface area contributed by atoms with Gasteiger partial charge < -0.3 is 13.6 Å². The molecule has 0 saturated carbocycles. The quantitative estimate of drug-likeness (QED) is 0.308. The number of hydrogen-bond donors (Lipinski definition) is 0. The van der Waals surface area contributed by atoms with E-state index in [0.717, 1.165) is 5.39 Å². The lowest BCUT2D eigenvalue weighted by atomic mass is 10.0. The molecule has 0 aliphatic carbocycles. The Bertz CT molecular complexity index is 1380. The summed E-state index contributed by atoms with van der Waals surface area (Å²) in [6.45, 7) is 0. The van der Waals surface area contributed by atoms with Crippen LogP contribution in [0.1, 0.15) is 10.6 Å². The third kappa shape index (κ3) is 2.99. The molecule has 0 radical (unpaired) electrons. The van der Waals surface area contributed by atoms with E-state index >= 15 is 0 Å². The number of carbonyl (C=O) groups excluding carboxylic acids is 1. The van der Waals surface area contributed by atoms with Crippen molar-refractivity contribution in [2.75, 3.05) is 0 Å². The average molecular weight is 382 g/mol. The number of furan rings is 1. The van der Waals surface area contributed by atoms with Crippen LogP contribution in [0.15, 0.2) is 98.6 Å². The Morgan fingerprint density at radius 2 is 1.45 bits per heavy atom. The average Bonchev–Trinajstić information content (AvgIpc) is 3.19. The van der Waals surface area contributed by atoms with E-state index in [1.165, 1.54) is 0 Å². The number of carbonyl (C=O) groups is 1. The maximum Gasteiger partial charge on any atom is 0.379 e. The standard InChI is InChI=1S/C24H14O5/c25-23(20-14-16-10-4-6-12-18(16)27-20)29-22-17-11-5-7-13-19(17)28-24(26)21(22)15-8-2-1-3-9-15/h1-14H. The summed E-state index contributed by atoms with van der Waals surface area (Å²) in [4.78, 5) is 25.6. The fourth-order valence-corrected chi connectivity index (χ4v) is 3.31. The van der Waals surface area contributed by atoms with Gasteiger partial charge in [-0.3, -0.25) is 0 Å². The molecule has 0 spiro atoms.